The Labute approximate surface area is 183 Å². The first-order chi connectivity index (χ1) is 14.5. The van der Waals surface area contributed by atoms with E-state index in [2.05, 4.69) is 50.3 Å². The molecule has 0 spiro atoms. The fourth-order valence-electron chi connectivity index (χ4n) is 4.02. The Hall–Kier alpha value is -2.42. The number of aromatic nitrogens is 2. The largest absolute Gasteiger partial charge is 0.491 e. The molecule has 2 atom stereocenters. The molecular formula is C22H25BrN4O3. The van der Waals surface area contributed by atoms with Crippen LogP contribution in [0.1, 0.15) is 17.9 Å². The number of nitrogens with one attached hydrogen (secondary N) is 1. The average Bonchev–Trinajstić information content (AvgIpc) is 2.76. The maximum Gasteiger partial charge on any atom is 0.274 e. The number of aliphatic hydroxyl groups excluding tert-OH is 1. The van der Waals surface area contributed by atoms with E-state index in [4.69, 9.17) is 9.84 Å². The first-order valence-corrected chi connectivity index (χ1v) is 10.8. The molecule has 30 heavy (non-hydrogen) atoms. The molecule has 1 saturated heterocycles. The van der Waals surface area contributed by atoms with E-state index in [1.807, 2.05) is 30.3 Å². The number of fused-ring (bicyclic) bond motifs is 1. The summed E-state index contributed by atoms with van der Waals surface area (Å²) in [6, 6.07) is 13.8. The maximum atomic E-state index is 12.6. The highest BCUT2D eigenvalue weighted by molar-refractivity contribution is 9.10. The molecule has 1 fully saturated rings. The molecular weight excluding hydrogens is 448 g/mol. The van der Waals surface area contributed by atoms with Crippen molar-refractivity contribution < 1.29 is 9.84 Å². The quantitative estimate of drug-likeness (QED) is 0.574. The lowest BCUT2D eigenvalue weighted by Crippen LogP contribution is -2.43. The molecule has 0 bridgehead atoms. The lowest BCUT2D eigenvalue weighted by molar-refractivity contribution is 0.201. The smallest absolute Gasteiger partial charge is 0.274 e. The van der Waals surface area contributed by atoms with Crippen molar-refractivity contribution in [3.63, 3.8) is 0 Å². The van der Waals surface area contributed by atoms with Crippen LogP contribution in [0.3, 0.4) is 0 Å². The molecule has 1 aliphatic rings. The summed E-state index contributed by atoms with van der Waals surface area (Å²) in [7, 11) is 2.11. The predicted octanol–water partition coefficient (Wildman–Crippen LogP) is 2.73. The minimum absolute atomic E-state index is 0.00443. The van der Waals surface area contributed by atoms with Gasteiger partial charge in [-0.1, -0.05) is 18.2 Å². The molecule has 7 nitrogen and oxygen atoms in total. The minimum Gasteiger partial charge on any atom is -0.491 e. The summed E-state index contributed by atoms with van der Waals surface area (Å²) in [6.07, 6.45) is 2.65. The molecule has 1 aromatic carbocycles. The summed E-state index contributed by atoms with van der Waals surface area (Å²) in [5.41, 5.74) is 1.74. The number of halogens is 1. The summed E-state index contributed by atoms with van der Waals surface area (Å²) < 4.78 is 7.44. The molecule has 0 saturated carbocycles. The number of ether oxygens (including phenoxy) is 1. The number of anilines is 1. The highest BCUT2D eigenvalue weighted by atomic mass is 79.9. The van der Waals surface area contributed by atoms with E-state index in [1.54, 1.807) is 6.20 Å². The van der Waals surface area contributed by atoms with Crippen LogP contribution >= 0.6 is 15.9 Å². The zero-order chi connectivity index (χ0) is 21.1. The number of hydrogen-bond acceptors (Lipinski definition) is 6. The van der Waals surface area contributed by atoms with E-state index in [9.17, 15) is 4.79 Å². The van der Waals surface area contributed by atoms with Gasteiger partial charge in [0, 0.05) is 25.3 Å². The summed E-state index contributed by atoms with van der Waals surface area (Å²) in [5, 5.41) is 12.4. The van der Waals surface area contributed by atoms with E-state index in [0.717, 1.165) is 25.3 Å². The third kappa shape index (κ3) is 4.50. The standard InChI is InChI=1S/C22H25BrN4O3/c1-26-13-16(15-5-7-18(8-6-15)30-11-10-28)12-17(14-26)24-21-20(23)22(29)27-9-3-2-4-19(27)25-21/h2-9,16-17,24,28H,10-14H2,1H3/t16-,17+/m0/s1. The second-order valence-corrected chi connectivity index (χ2v) is 8.44. The molecule has 2 aromatic heterocycles. The summed E-state index contributed by atoms with van der Waals surface area (Å²) in [6.45, 7) is 2.13. The molecule has 158 valence electrons. The van der Waals surface area contributed by atoms with E-state index >= 15 is 0 Å². The number of pyridine rings is 1. The number of likely N-dealkylation sites (N-methyl/N-ethyl adjacent to an activating group) is 1. The van der Waals surface area contributed by atoms with Crippen molar-refractivity contribution in [1.29, 1.82) is 0 Å². The third-order valence-corrected chi connectivity index (χ3v) is 6.08. The first-order valence-electron chi connectivity index (χ1n) is 10.0. The highest BCUT2D eigenvalue weighted by Gasteiger charge is 2.27. The normalized spacial score (nSPS) is 19.7. The molecule has 0 radical (unpaired) electrons. The number of benzene rings is 1. The highest BCUT2D eigenvalue weighted by Crippen LogP contribution is 2.30. The molecule has 2 N–H and O–H groups in total. The lowest BCUT2D eigenvalue weighted by Gasteiger charge is -2.36. The van der Waals surface area contributed by atoms with Crippen LogP contribution in [0.5, 0.6) is 5.75 Å². The molecule has 0 amide bonds. The van der Waals surface area contributed by atoms with Crippen LogP contribution < -0.4 is 15.6 Å². The van der Waals surface area contributed by atoms with E-state index in [1.165, 1.54) is 9.96 Å². The van der Waals surface area contributed by atoms with Crippen molar-refractivity contribution >= 4 is 27.4 Å². The van der Waals surface area contributed by atoms with Gasteiger partial charge in [-0.15, -0.1) is 0 Å². The van der Waals surface area contributed by atoms with Gasteiger partial charge in [0.1, 0.15) is 28.3 Å². The Bertz CT molecular complexity index is 1070. The van der Waals surface area contributed by atoms with Gasteiger partial charge < -0.3 is 20.1 Å². The van der Waals surface area contributed by atoms with Gasteiger partial charge in [-0.3, -0.25) is 9.20 Å². The van der Waals surface area contributed by atoms with Gasteiger partial charge in [0.25, 0.3) is 5.56 Å². The molecule has 3 heterocycles. The van der Waals surface area contributed by atoms with Gasteiger partial charge in [0.2, 0.25) is 0 Å². The fourth-order valence-corrected chi connectivity index (χ4v) is 4.42. The van der Waals surface area contributed by atoms with Crippen molar-refractivity contribution in [1.82, 2.24) is 14.3 Å². The summed E-state index contributed by atoms with van der Waals surface area (Å²) in [5.74, 6) is 1.70. The molecule has 1 aliphatic heterocycles. The van der Waals surface area contributed by atoms with Gasteiger partial charge in [0.15, 0.2) is 0 Å². The Balaban J connectivity index is 1.52. The van der Waals surface area contributed by atoms with Gasteiger partial charge in [-0.25, -0.2) is 4.98 Å². The molecule has 8 heteroatoms. The molecule has 0 unspecified atom stereocenters. The van der Waals surface area contributed by atoms with Gasteiger partial charge in [0.05, 0.1) is 6.61 Å². The Kier molecular flexibility index (Phi) is 6.36. The van der Waals surface area contributed by atoms with Crippen molar-refractivity contribution in [2.45, 2.75) is 18.4 Å². The summed E-state index contributed by atoms with van der Waals surface area (Å²) >= 11 is 3.43. The van der Waals surface area contributed by atoms with Crippen LogP contribution in [0.2, 0.25) is 0 Å². The second-order valence-electron chi connectivity index (χ2n) is 7.64. The van der Waals surface area contributed by atoms with Crippen LogP contribution in [0.4, 0.5) is 5.82 Å². The average molecular weight is 473 g/mol. The second kappa shape index (κ2) is 9.16. The number of rotatable bonds is 6. The first kappa shape index (κ1) is 20.8. The van der Waals surface area contributed by atoms with Crippen molar-refractivity contribution in [3.8, 4) is 5.75 Å². The van der Waals surface area contributed by atoms with Crippen molar-refractivity contribution in [3.05, 3.63) is 69.1 Å². The van der Waals surface area contributed by atoms with Crippen LogP contribution in [0.25, 0.3) is 5.65 Å². The Morgan fingerprint density at radius 1 is 1.23 bits per heavy atom. The van der Waals surface area contributed by atoms with Crippen LogP contribution in [0.15, 0.2) is 57.9 Å². The van der Waals surface area contributed by atoms with E-state index in [-0.39, 0.29) is 18.2 Å². The van der Waals surface area contributed by atoms with Crippen LogP contribution in [-0.4, -0.2) is 58.8 Å². The lowest BCUT2D eigenvalue weighted by atomic mass is 9.88. The fraction of sp³-hybridized carbons (Fsp3) is 0.364. The molecule has 3 aromatic rings. The topological polar surface area (TPSA) is 79.1 Å². The zero-order valence-electron chi connectivity index (χ0n) is 16.8. The zero-order valence-corrected chi connectivity index (χ0v) is 18.4. The molecule has 0 aliphatic carbocycles. The number of piperidine rings is 1. The SMILES string of the molecule is CN1C[C@H](Nc2nc3ccccn3c(=O)c2Br)C[C@H](c2ccc(OCCO)cc2)C1. The number of aliphatic hydroxyl groups is 1. The van der Waals surface area contributed by atoms with Crippen LogP contribution in [0, 0.1) is 0 Å². The van der Waals surface area contributed by atoms with Crippen molar-refractivity contribution in [2.75, 3.05) is 38.7 Å². The van der Waals surface area contributed by atoms with E-state index in [0.29, 0.717) is 28.5 Å². The van der Waals surface area contributed by atoms with Gasteiger partial charge >= 0.3 is 0 Å². The number of likely N-dealkylation sites (tertiary alicyclic amines) is 1. The molecule has 4 rings (SSSR count). The number of hydrogen-bond donors (Lipinski definition) is 2. The van der Waals surface area contributed by atoms with E-state index < -0.39 is 0 Å². The Morgan fingerprint density at radius 2 is 2.03 bits per heavy atom. The monoisotopic (exact) mass is 472 g/mol. The van der Waals surface area contributed by atoms with Crippen LogP contribution in [-0.2, 0) is 0 Å². The summed E-state index contributed by atoms with van der Waals surface area (Å²) in [4.78, 5) is 19.6. The van der Waals surface area contributed by atoms with Gasteiger partial charge in [-0.2, -0.15) is 0 Å². The van der Waals surface area contributed by atoms with Gasteiger partial charge in [-0.05, 0) is 65.1 Å². The van der Waals surface area contributed by atoms with Crippen molar-refractivity contribution in [2.24, 2.45) is 0 Å². The Morgan fingerprint density at radius 3 is 2.80 bits per heavy atom. The minimum atomic E-state index is -0.123. The predicted molar refractivity (Wildman–Crippen MR) is 120 cm³/mol. The maximum absolute atomic E-state index is 12.6. The third-order valence-electron chi connectivity index (χ3n) is 5.36. The number of nitrogens with zero attached hydrogens (tertiary/aromatic N) is 3.